The Bertz CT molecular complexity index is 762. The van der Waals surface area contributed by atoms with E-state index in [1.54, 1.807) is 7.11 Å². The van der Waals surface area contributed by atoms with E-state index in [-0.39, 0.29) is 6.04 Å². The van der Waals surface area contributed by atoms with Crippen LogP contribution >= 0.6 is 12.2 Å². The monoisotopic (exact) mass is 372 g/mol. The van der Waals surface area contributed by atoms with Gasteiger partial charge < -0.3 is 24.8 Å². The second-order valence-electron chi connectivity index (χ2n) is 6.45. The van der Waals surface area contributed by atoms with Crippen LogP contribution in [0.3, 0.4) is 0 Å². The van der Waals surface area contributed by atoms with E-state index in [0.29, 0.717) is 24.2 Å². The molecule has 0 bridgehead atoms. The van der Waals surface area contributed by atoms with E-state index in [1.165, 1.54) is 0 Å². The van der Waals surface area contributed by atoms with E-state index >= 15 is 0 Å². The van der Waals surface area contributed by atoms with Crippen molar-refractivity contribution in [3.63, 3.8) is 0 Å². The van der Waals surface area contributed by atoms with Gasteiger partial charge in [-0.3, -0.25) is 0 Å². The molecule has 1 aliphatic heterocycles. The van der Waals surface area contributed by atoms with Crippen LogP contribution in [0.4, 0.5) is 5.69 Å². The molecule has 0 radical (unpaired) electrons. The number of nitrogens with one attached hydrogen (secondary N) is 2. The van der Waals surface area contributed by atoms with E-state index in [0.717, 1.165) is 28.5 Å². The highest BCUT2D eigenvalue weighted by Crippen LogP contribution is 2.34. The van der Waals surface area contributed by atoms with Crippen LogP contribution in [0.15, 0.2) is 42.5 Å². The lowest BCUT2D eigenvalue weighted by molar-refractivity contribution is 0.171. The molecule has 0 amide bonds. The highest BCUT2D eigenvalue weighted by molar-refractivity contribution is 7.80. The third-order valence-electron chi connectivity index (χ3n) is 4.23. The Morgan fingerprint density at radius 3 is 2.38 bits per heavy atom. The minimum absolute atomic E-state index is 0.0593. The average Bonchev–Trinajstić information content (AvgIpc) is 2.66. The van der Waals surface area contributed by atoms with Crippen molar-refractivity contribution in [2.24, 2.45) is 5.92 Å². The van der Waals surface area contributed by atoms with E-state index in [4.69, 9.17) is 26.4 Å². The minimum atomic E-state index is 0.0593. The summed E-state index contributed by atoms with van der Waals surface area (Å²) in [6.45, 7) is 5.48. The minimum Gasteiger partial charge on any atom is -0.497 e. The molecule has 5 nitrogen and oxygen atoms in total. The van der Waals surface area contributed by atoms with Gasteiger partial charge in [-0.05, 0) is 60.1 Å². The van der Waals surface area contributed by atoms with Crippen LogP contribution in [-0.2, 0) is 0 Å². The van der Waals surface area contributed by atoms with E-state index < -0.39 is 0 Å². The molecule has 2 aromatic rings. The van der Waals surface area contributed by atoms with Gasteiger partial charge in [0.15, 0.2) is 16.6 Å². The number of fused-ring (bicyclic) bond motifs is 1. The van der Waals surface area contributed by atoms with Gasteiger partial charge in [-0.2, -0.15) is 0 Å². The standard InChI is InChI=1S/C20H24N2O3S/c1-13(2)19(14-4-9-17-18(12-14)25-11-10-24-17)22-20(26)21-15-5-7-16(23-3)8-6-15/h4-9,12-13,19H,10-11H2,1-3H3,(H2,21,22,26)/t19-/m1/s1. The summed E-state index contributed by atoms with van der Waals surface area (Å²) >= 11 is 5.50. The molecule has 138 valence electrons. The van der Waals surface area contributed by atoms with Crippen molar-refractivity contribution in [2.45, 2.75) is 19.9 Å². The lowest BCUT2D eigenvalue weighted by atomic mass is 9.95. The van der Waals surface area contributed by atoms with Gasteiger partial charge in [-0.15, -0.1) is 0 Å². The van der Waals surface area contributed by atoms with Crippen LogP contribution in [0, 0.1) is 5.92 Å². The van der Waals surface area contributed by atoms with Crippen molar-refractivity contribution < 1.29 is 14.2 Å². The molecule has 0 unspecified atom stereocenters. The summed E-state index contributed by atoms with van der Waals surface area (Å²) in [5.74, 6) is 2.73. The number of methoxy groups -OCH3 is 1. The maximum absolute atomic E-state index is 5.70. The number of anilines is 1. The van der Waals surface area contributed by atoms with E-state index in [2.05, 4.69) is 30.5 Å². The normalized spacial score (nSPS) is 13.8. The Labute approximate surface area is 159 Å². The molecule has 0 saturated heterocycles. The van der Waals surface area contributed by atoms with Crippen molar-refractivity contribution >= 4 is 23.0 Å². The van der Waals surface area contributed by atoms with Gasteiger partial charge in [-0.1, -0.05) is 19.9 Å². The first kappa shape index (κ1) is 18.3. The van der Waals surface area contributed by atoms with Crippen molar-refractivity contribution in [3.8, 4) is 17.2 Å². The third-order valence-corrected chi connectivity index (χ3v) is 4.45. The van der Waals surface area contributed by atoms with Gasteiger partial charge in [0.05, 0.1) is 13.2 Å². The zero-order valence-electron chi connectivity index (χ0n) is 15.2. The number of benzene rings is 2. The summed E-state index contributed by atoms with van der Waals surface area (Å²) in [5, 5.41) is 7.20. The molecule has 0 aliphatic carbocycles. The zero-order chi connectivity index (χ0) is 18.5. The molecule has 1 aliphatic rings. The molecule has 0 aromatic heterocycles. The smallest absolute Gasteiger partial charge is 0.171 e. The van der Waals surface area contributed by atoms with Gasteiger partial charge in [0.25, 0.3) is 0 Å². The summed E-state index contributed by atoms with van der Waals surface area (Å²) in [5.41, 5.74) is 2.02. The highest BCUT2D eigenvalue weighted by atomic mass is 32.1. The fraction of sp³-hybridized carbons (Fsp3) is 0.350. The Morgan fingerprint density at radius 1 is 1.04 bits per heavy atom. The molecule has 2 N–H and O–H groups in total. The largest absolute Gasteiger partial charge is 0.497 e. The van der Waals surface area contributed by atoms with Crippen LogP contribution in [0.1, 0.15) is 25.5 Å². The van der Waals surface area contributed by atoms with Crippen LogP contribution in [0.2, 0.25) is 0 Å². The van der Waals surface area contributed by atoms with Crippen molar-refractivity contribution in [3.05, 3.63) is 48.0 Å². The molecule has 3 rings (SSSR count). The van der Waals surface area contributed by atoms with Crippen molar-refractivity contribution in [1.29, 1.82) is 0 Å². The van der Waals surface area contributed by atoms with Crippen LogP contribution in [0.25, 0.3) is 0 Å². The maximum Gasteiger partial charge on any atom is 0.171 e. The molecule has 1 heterocycles. The molecular formula is C20H24N2O3S. The number of thiocarbonyl (C=S) groups is 1. The van der Waals surface area contributed by atoms with Crippen molar-refractivity contribution in [2.75, 3.05) is 25.6 Å². The number of hydrogen-bond acceptors (Lipinski definition) is 4. The summed E-state index contributed by atoms with van der Waals surface area (Å²) in [6.07, 6.45) is 0. The predicted molar refractivity (Wildman–Crippen MR) is 107 cm³/mol. The van der Waals surface area contributed by atoms with Gasteiger partial charge in [0.1, 0.15) is 19.0 Å². The molecular weight excluding hydrogens is 348 g/mol. The number of ether oxygens (including phenoxy) is 3. The highest BCUT2D eigenvalue weighted by Gasteiger charge is 2.20. The fourth-order valence-electron chi connectivity index (χ4n) is 2.87. The quantitative estimate of drug-likeness (QED) is 0.769. The van der Waals surface area contributed by atoms with Gasteiger partial charge >= 0.3 is 0 Å². The van der Waals surface area contributed by atoms with Gasteiger partial charge in [0.2, 0.25) is 0 Å². The van der Waals surface area contributed by atoms with Crippen LogP contribution in [-0.4, -0.2) is 25.4 Å². The Kier molecular flexibility index (Phi) is 5.83. The van der Waals surface area contributed by atoms with Gasteiger partial charge in [-0.25, -0.2) is 0 Å². The number of rotatable bonds is 5. The summed E-state index contributed by atoms with van der Waals surface area (Å²) < 4.78 is 16.5. The summed E-state index contributed by atoms with van der Waals surface area (Å²) in [7, 11) is 1.65. The second kappa shape index (κ2) is 8.27. The maximum atomic E-state index is 5.70. The molecule has 0 fully saturated rings. The Balaban J connectivity index is 1.70. The summed E-state index contributed by atoms with van der Waals surface area (Å²) in [6, 6.07) is 13.8. The third kappa shape index (κ3) is 4.38. The Hall–Kier alpha value is -2.47. The average molecular weight is 372 g/mol. The second-order valence-corrected chi connectivity index (χ2v) is 6.86. The topological polar surface area (TPSA) is 51.8 Å². The van der Waals surface area contributed by atoms with Crippen LogP contribution < -0.4 is 24.8 Å². The zero-order valence-corrected chi connectivity index (χ0v) is 16.1. The molecule has 26 heavy (non-hydrogen) atoms. The van der Waals surface area contributed by atoms with E-state index in [9.17, 15) is 0 Å². The summed E-state index contributed by atoms with van der Waals surface area (Å²) in [4.78, 5) is 0. The first-order valence-electron chi connectivity index (χ1n) is 8.68. The van der Waals surface area contributed by atoms with Gasteiger partial charge in [0, 0.05) is 5.69 Å². The predicted octanol–water partition coefficient (Wildman–Crippen LogP) is 4.15. The number of hydrogen-bond donors (Lipinski definition) is 2. The van der Waals surface area contributed by atoms with E-state index in [1.807, 2.05) is 36.4 Å². The molecule has 0 spiro atoms. The molecule has 1 atom stereocenters. The fourth-order valence-corrected chi connectivity index (χ4v) is 3.12. The van der Waals surface area contributed by atoms with Crippen molar-refractivity contribution in [1.82, 2.24) is 5.32 Å². The lowest BCUT2D eigenvalue weighted by Crippen LogP contribution is -2.35. The molecule has 2 aromatic carbocycles. The molecule has 0 saturated carbocycles. The lowest BCUT2D eigenvalue weighted by Gasteiger charge is -2.26. The first-order chi connectivity index (χ1) is 12.6. The Morgan fingerprint density at radius 2 is 1.73 bits per heavy atom. The SMILES string of the molecule is COc1ccc(NC(=S)N[C@@H](c2ccc3c(c2)OCCO3)C(C)C)cc1. The molecule has 6 heteroatoms. The first-order valence-corrected chi connectivity index (χ1v) is 9.09. The van der Waals surface area contributed by atoms with Crippen LogP contribution in [0.5, 0.6) is 17.2 Å².